The monoisotopic (exact) mass is 306 g/mol. The summed E-state index contributed by atoms with van der Waals surface area (Å²) in [6, 6.07) is 9.88. The fourth-order valence-corrected chi connectivity index (χ4v) is 2.72. The molecule has 92 valence electrons. The molecule has 0 atom stereocenters. The number of rotatable bonds is 3. The third kappa shape index (κ3) is 1.87. The van der Waals surface area contributed by atoms with Crippen LogP contribution in [0.4, 0.5) is 0 Å². The van der Waals surface area contributed by atoms with Crippen LogP contribution in [0.3, 0.4) is 0 Å². The molecule has 3 aromatic rings. The second kappa shape index (κ2) is 4.63. The Morgan fingerprint density at radius 1 is 1.22 bits per heavy atom. The second-order valence-electron chi connectivity index (χ2n) is 3.95. The molecule has 0 amide bonds. The van der Waals surface area contributed by atoms with Gasteiger partial charge in [-0.3, -0.25) is 0 Å². The van der Waals surface area contributed by atoms with Crippen LogP contribution in [-0.2, 0) is 4.74 Å². The van der Waals surface area contributed by atoms with E-state index >= 15 is 0 Å². The summed E-state index contributed by atoms with van der Waals surface area (Å²) in [5.41, 5.74) is 0.883. The minimum Gasteiger partial charge on any atom is -0.468 e. The topological polar surface area (TPSA) is 31.6 Å². The quantitative estimate of drug-likeness (QED) is 0.675. The molecule has 0 aliphatic carbocycles. The SMILES string of the molecule is COCOc1cc(Br)c2c(ccc3occc32)c1. The van der Waals surface area contributed by atoms with Gasteiger partial charge in [-0.05, 0) is 45.6 Å². The van der Waals surface area contributed by atoms with Crippen LogP contribution in [0.25, 0.3) is 21.7 Å². The van der Waals surface area contributed by atoms with Crippen LogP contribution in [0.1, 0.15) is 0 Å². The summed E-state index contributed by atoms with van der Waals surface area (Å²) in [5, 5.41) is 3.33. The van der Waals surface area contributed by atoms with Gasteiger partial charge in [0.25, 0.3) is 0 Å². The van der Waals surface area contributed by atoms with Crippen molar-refractivity contribution in [2.75, 3.05) is 13.9 Å². The molecular formula is C14H11BrO3. The lowest BCUT2D eigenvalue weighted by Crippen LogP contribution is -1.98. The lowest BCUT2D eigenvalue weighted by atomic mass is 10.1. The van der Waals surface area contributed by atoms with Crippen molar-refractivity contribution in [3.8, 4) is 5.75 Å². The Kier molecular flexibility index (Phi) is 2.97. The molecule has 3 nitrogen and oxygen atoms in total. The average Bonchev–Trinajstić information content (AvgIpc) is 2.84. The van der Waals surface area contributed by atoms with Gasteiger partial charge in [0.1, 0.15) is 11.3 Å². The maximum atomic E-state index is 5.46. The van der Waals surface area contributed by atoms with E-state index in [1.54, 1.807) is 13.4 Å². The highest BCUT2D eigenvalue weighted by atomic mass is 79.9. The van der Waals surface area contributed by atoms with Crippen LogP contribution in [-0.4, -0.2) is 13.9 Å². The second-order valence-corrected chi connectivity index (χ2v) is 4.81. The first-order valence-corrected chi connectivity index (χ1v) is 6.30. The van der Waals surface area contributed by atoms with Crippen molar-refractivity contribution in [1.82, 2.24) is 0 Å². The summed E-state index contributed by atoms with van der Waals surface area (Å²) in [5.74, 6) is 0.777. The van der Waals surface area contributed by atoms with E-state index < -0.39 is 0 Å². The van der Waals surface area contributed by atoms with Gasteiger partial charge in [0.2, 0.25) is 0 Å². The number of methoxy groups -OCH3 is 1. The third-order valence-electron chi connectivity index (χ3n) is 2.82. The van der Waals surface area contributed by atoms with E-state index in [4.69, 9.17) is 13.9 Å². The standard InChI is InChI=1S/C14H11BrO3/c1-16-8-18-10-6-9-2-3-13-11(4-5-17-13)14(9)12(15)7-10/h2-7H,8H2,1H3. The van der Waals surface area contributed by atoms with E-state index in [2.05, 4.69) is 15.9 Å². The van der Waals surface area contributed by atoms with Gasteiger partial charge < -0.3 is 13.9 Å². The van der Waals surface area contributed by atoms with Gasteiger partial charge in [0.05, 0.1) is 6.26 Å². The van der Waals surface area contributed by atoms with Crippen molar-refractivity contribution >= 4 is 37.7 Å². The molecule has 3 rings (SSSR count). The Hall–Kier alpha value is -1.52. The minimum absolute atomic E-state index is 0.242. The molecule has 0 radical (unpaired) electrons. The normalized spacial score (nSPS) is 11.2. The van der Waals surface area contributed by atoms with Crippen molar-refractivity contribution in [1.29, 1.82) is 0 Å². The summed E-state index contributed by atoms with van der Waals surface area (Å²) >= 11 is 3.58. The van der Waals surface area contributed by atoms with Crippen molar-refractivity contribution in [3.63, 3.8) is 0 Å². The van der Waals surface area contributed by atoms with Crippen LogP contribution in [0.2, 0.25) is 0 Å². The molecule has 1 heterocycles. The van der Waals surface area contributed by atoms with Crippen LogP contribution >= 0.6 is 15.9 Å². The number of benzene rings is 2. The molecule has 0 spiro atoms. The molecule has 0 saturated carbocycles. The zero-order valence-corrected chi connectivity index (χ0v) is 11.4. The highest BCUT2D eigenvalue weighted by molar-refractivity contribution is 9.10. The molecule has 0 bridgehead atoms. The number of fused-ring (bicyclic) bond motifs is 3. The highest BCUT2D eigenvalue weighted by Crippen LogP contribution is 2.35. The average molecular weight is 307 g/mol. The smallest absolute Gasteiger partial charge is 0.188 e. The molecular weight excluding hydrogens is 296 g/mol. The molecule has 4 heteroatoms. The zero-order chi connectivity index (χ0) is 12.5. The van der Waals surface area contributed by atoms with E-state index in [-0.39, 0.29) is 6.79 Å². The van der Waals surface area contributed by atoms with Crippen molar-refractivity contribution in [2.24, 2.45) is 0 Å². The Morgan fingerprint density at radius 3 is 2.94 bits per heavy atom. The fraction of sp³-hybridized carbons (Fsp3) is 0.143. The lowest BCUT2D eigenvalue weighted by Gasteiger charge is -2.08. The molecule has 18 heavy (non-hydrogen) atoms. The number of halogens is 1. The lowest BCUT2D eigenvalue weighted by molar-refractivity contribution is 0.0512. The van der Waals surface area contributed by atoms with E-state index in [0.29, 0.717) is 0 Å². The predicted octanol–water partition coefficient (Wildman–Crippen LogP) is 4.33. The van der Waals surface area contributed by atoms with E-state index in [1.165, 1.54) is 0 Å². The van der Waals surface area contributed by atoms with Crippen molar-refractivity contribution < 1.29 is 13.9 Å². The summed E-state index contributed by atoms with van der Waals surface area (Å²) < 4.78 is 16.8. The Morgan fingerprint density at radius 2 is 2.11 bits per heavy atom. The van der Waals surface area contributed by atoms with Gasteiger partial charge in [0, 0.05) is 22.4 Å². The van der Waals surface area contributed by atoms with Crippen molar-refractivity contribution in [2.45, 2.75) is 0 Å². The summed E-state index contributed by atoms with van der Waals surface area (Å²) in [4.78, 5) is 0. The Bertz CT molecular complexity index is 703. The van der Waals surface area contributed by atoms with E-state index in [0.717, 1.165) is 32.0 Å². The van der Waals surface area contributed by atoms with Crippen molar-refractivity contribution in [3.05, 3.63) is 41.1 Å². The number of hydrogen-bond donors (Lipinski definition) is 0. The number of hydrogen-bond acceptors (Lipinski definition) is 3. The third-order valence-corrected chi connectivity index (χ3v) is 3.44. The fourth-order valence-electron chi connectivity index (χ4n) is 2.05. The Balaban J connectivity index is 2.22. The summed E-state index contributed by atoms with van der Waals surface area (Å²) in [6.07, 6.45) is 1.70. The zero-order valence-electron chi connectivity index (χ0n) is 9.77. The first kappa shape index (κ1) is 11.6. The van der Waals surface area contributed by atoms with Crippen LogP contribution in [0.15, 0.2) is 45.5 Å². The van der Waals surface area contributed by atoms with Gasteiger partial charge in [-0.25, -0.2) is 0 Å². The molecule has 0 saturated heterocycles. The highest BCUT2D eigenvalue weighted by Gasteiger charge is 2.08. The van der Waals surface area contributed by atoms with Crippen LogP contribution in [0.5, 0.6) is 5.75 Å². The van der Waals surface area contributed by atoms with Gasteiger partial charge >= 0.3 is 0 Å². The van der Waals surface area contributed by atoms with Gasteiger partial charge in [-0.15, -0.1) is 0 Å². The summed E-state index contributed by atoms with van der Waals surface area (Å²) in [7, 11) is 1.60. The molecule has 0 N–H and O–H groups in total. The van der Waals surface area contributed by atoms with E-state index in [1.807, 2.05) is 30.3 Å². The van der Waals surface area contributed by atoms with Gasteiger partial charge in [-0.1, -0.05) is 6.07 Å². The van der Waals surface area contributed by atoms with Gasteiger partial charge in [-0.2, -0.15) is 0 Å². The Labute approximate surface area is 112 Å². The first-order valence-electron chi connectivity index (χ1n) is 5.51. The number of furan rings is 1. The maximum Gasteiger partial charge on any atom is 0.188 e. The molecule has 1 aromatic heterocycles. The van der Waals surface area contributed by atoms with Crippen LogP contribution in [0, 0.1) is 0 Å². The molecule has 0 aliphatic rings. The largest absolute Gasteiger partial charge is 0.468 e. The van der Waals surface area contributed by atoms with Crippen LogP contribution < -0.4 is 4.74 Å². The maximum absolute atomic E-state index is 5.46. The molecule has 0 unspecified atom stereocenters. The molecule has 0 fully saturated rings. The van der Waals surface area contributed by atoms with E-state index in [9.17, 15) is 0 Å². The molecule has 2 aromatic carbocycles. The number of ether oxygens (including phenoxy) is 2. The van der Waals surface area contributed by atoms with Gasteiger partial charge in [0.15, 0.2) is 6.79 Å². The molecule has 0 aliphatic heterocycles. The summed E-state index contributed by atoms with van der Waals surface area (Å²) in [6.45, 7) is 0.242. The first-order chi connectivity index (χ1) is 8.79. The predicted molar refractivity (Wildman–Crippen MR) is 73.9 cm³/mol. The minimum atomic E-state index is 0.242.